The third kappa shape index (κ3) is 9.07. The minimum absolute atomic E-state index is 0. The smallest absolute Gasteiger partial charge is 0.221 e. The first kappa shape index (κ1) is 23.0. The molecule has 0 spiro atoms. The molecule has 0 bridgehead atoms. The number of nitrogens with zero attached hydrogens (tertiary/aromatic N) is 1. The second-order valence-corrected chi connectivity index (χ2v) is 6.89. The number of carbonyl (C=O) groups is 1. The van der Waals surface area contributed by atoms with Crippen molar-refractivity contribution in [1.29, 1.82) is 0 Å². The standard InChI is InChI=1S/C19H29ClN4O.HI/c1-21-19(22-13-11-15-7-9-16(20)10-8-15)23-14-12-18(25)24-17-5-3-2-4-6-17;/h7-10,17H,2-6,11-14H2,1H3,(H,24,25)(H2,21,22,23);1H. The monoisotopic (exact) mass is 492 g/mol. The number of hydrogen-bond acceptors (Lipinski definition) is 2. The van der Waals surface area contributed by atoms with Gasteiger partial charge in [0.25, 0.3) is 0 Å². The number of benzene rings is 1. The molecule has 26 heavy (non-hydrogen) atoms. The Bertz CT molecular complexity index is 559. The van der Waals surface area contributed by atoms with E-state index in [4.69, 9.17) is 11.6 Å². The first-order chi connectivity index (χ1) is 12.2. The maximum absolute atomic E-state index is 12.0. The zero-order valence-electron chi connectivity index (χ0n) is 15.4. The summed E-state index contributed by atoms with van der Waals surface area (Å²) in [4.78, 5) is 16.2. The van der Waals surface area contributed by atoms with Gasteiger partial charge in [-0.1, -0.05) is 43.0 Å². The second kappa shape index (κ2) is 13.2. The van der Waals surface area contributed by atoms with E-state index in [1.54, 1.807) is 7.05 Å². The normalized spacial score (nSPS) is 15.1. The third-order valence-electron chi connectivity index (χ3n) is 4.46. The quantitative estimate of drug-likeness (QED) is 0.310. The largest absolute Gasteiger partial charge is 0.356 e. The Kier molecular flexibility index (Phi) is 11.7. The van der Waals surface area contributed by atoms with Crippen molar-refractivity contribution in [2.24, 2.45) is 4.99 Å². The lowest BCUT2D eigenvalue weighted by molar-refractivity contribution is -0.121. The summed E-state index contributed by atoms with van der Waals surface area (Å²) in [5, 5.41) is 10.3. The predicted octanol–water partition coefficient (Wildman–Crippen LogP) is 3.50. The van der Waals surface area contributed by atoms with E-state index >= 15 is 0 Å². The molecular formula is C19H30ClIN4O. The van der Waals surface area contributed by atoms with E-state index in [0.717, 1.165) is 36.8 Å². The Hall–Kier alpha value is -1.02. The van der Waals surface area contributed by atoms with Crippen molar-refractivity contribution in [2.75, 3.05) is 20.1 Å². The van der Waals surface area contributed by atoms with Crippen molar-refractivity contribution >= 4 is 47.4 Å². The second-order valence-electron chi connectivity index (χ2n) is 6.45. The number of aliphatic imine (C=N–C) groups is 1. The summed E-state index contributed by atoms with van der Waals surface area (Å²) in [6.45, 7) is 1.36. The van der Waals surface area contributed by atoms with Gasteiger partial charge < -0.3 is 16.0 Å². The fraction of sp³-hybridized carbons (Fsp3) is 0.579. The van der Waals surface area contributed by atoms with E-state index < -0.39 is 0 Å². The van der Waals surface area contributed by atoms with E-state index in [1.807, 2.05) is 24.3 Å². The van der Waals surface area contributed by atoms with Crippen molar-refractivity contribution in [3.05, 3.63) is 34.9 Å². The summed E-state index contributed by atoms with van der Waals surface area (Å²) in [5.74, 6) is 0.843. The predicted molar refractivity (Wildman–Crippen MR) is 120 cm³/mol. The average molecular weight is 493 g/mol. The average Bonchev–Trinajstić information content (AvgIpc) is 2.63. The van der Waals surface area contributed by atoms with E-state index in [2.05, 4.69) is 20.9 Å². The molecule has 1 fully saturated rings. The molecule has 0 aliphatic heterocycles. The Morgan fingerprint density at radius 3 is 2.42 bits per heavy atom. The van der Waals surface area contributed by atoms with E-state index in [1.165, 1.54) is 24.8 Å². The van der Waals surface area contributed by atoms with Gasteiger partial charge >= 0.3 is 0 Å². The van der Waals surface area contributed by atoms with Gasteiger partial charge in [0.1, 0.15) is 0 Å². The van der Waals surface area contributed by atoms with E-state index in [0.29, 0.717) is 19.0 Å². The highest BCUT2D eigenvalue weighted by atomic mass is 127. The van der Waals surface area contributed by atoms with Crippen molar-refractivity contribution < 1.29 is 4.79 Å². The zero-order valence-corrected chi connectivity index (χ0v) is 18.5. The van der Waals surface area contributed by atoms with Crippen LogP contribution in [0.25, 0.3) is 0 Å². The summed E-state index contributed by atoms with van der Waals surface area (Å²) >= 11 is 5.89. The molecule has 146 valence electrons. The maximum atomic E-state index is 12.0. The van der Waals surface area contributed by atoms with Crippen LogP contribution in [0.3, 0.4) is 0 Å². The van der Waals surface area contributed by atoms with Crippen molar-refractivity contribution in [1.82, 2.24) is 16.0 Å². The highest BCUT2D eigenvalue weighted by molar-refractivity contribution is 14.0. The van der Waals surface area contributed by atoms with Crippen LogP contribution < -0.4 is 16.0 Å². The third-order valence-corrected chi connectivity index (χ3v) is 4.71. The fourth-order valence-corrected chi connectivity index (χ4v) is 3.16. The summed E-state index contributed by atoms with van der Waals surface area (Å²) in [7, 11) is 1.74. The van der Waals surface area contributed by atoms with Gasteiger partial charge in [-0.25, -0.2) is 0 Å². The number of halogens is 2. The zero-order chi connectivity index (χ0) is 17.9. The molecule has 1 aliphatic rings. The van der Waals surface area contributed by atoms with Gasteiger partial charge in [0.15, 0.2) is 5.96 Å². The van der Waals surface area contributed by atoms with Gasteiger partial charge in [-0.05, 0) is 37.0 Å². The first-order valence-electron chi connectivity index (χ1n) is 9.15. The summed E-state index contributed by atoms with van der Waals surface area (Å²) in [5.41, 5.74) is 1.22. The van der Waals surface area contributed by atoms with Crippen LogP contribution in [0.1, 0.15) is 44.1 Å². The van der Waals surface area contributed by atoms with Crippen LogP contribution in [0.4, 0.5) is 0 Å². The summed E-state index contributed by atoms with van der Waals surface area (Å²) in [6, 6.07) is 8.22. The Morgan fingerprint density at radius 2 is 1.77 bits per heavy atom. The fourth-order valence-electron chi connectivity index (χ4n) is 3.04. The highest BCUT2D eigenvalue weighted by Crippen LogP contribution is 2.17. The van der Waals surface area contributed by atoms with Crippen LogP contribution in [0.5, 0.6) is 0 Å². The molecule has 0 radical (unpaired) electrons. The van der Waals surface area contributed by atoms with E-state index in [9.17, 15) is 4.79 Å². The molecule has 2 rings (SSSR count). The Balaban J connectivity index is 0.00000338. The Morgan fingerprint density at radius 1 is 1.12 bits per heavy atom. The maximum Gasteiger partial charge on any atom is 0.221 e. The van der Waals surface area contributed by atoms with Crippen LogP contribution in [-0.4, -0.2) is 38.0 Å². The summed E-state index contributed by atoms with van der Waals surface area (Å²) in [6.07, 6.45) is 7.35. The van der Waals surface area contributed by atoms with Crippen molar-refractivity contribution in [2.45, 2.75) is 51.0 Å². The number of guanidine groups is 1. The van der Waals surface area contributed by atoms with Gasteiger partial charge in [-0.2, -0.15) is 0 Å². The van der Waals surface area contributed by atoms with Crippen molar-refractivity contribution in [3.63, 3.8) is 0 Å². The molecule has 1 aromatic rings. The van der Waals surface area contributed by atoms with Crippen LogP contribution in [0, 0.1) is 0 Å². The number of amides is 1. The summed E-state index contributed by atoms with van der Waals surface area (Å²) < 4.78 is 0. The molecule has 1 amide bonds. The van der Waals surface area contributed by atoms with Gasteiger partial charge in [0.2, 0.25) is 5.91 Å². The number of rotatable bonds is 7. The molecule has 3 N–H and O–H groups in total. The van der Waals surface area contributed by atoms with Crippen LogP contribution in [0.2, 0.25) is 5.02 Å². The molecule has 0 atom stereocenters. The highest BCUT2D eigenvalue weighted by Gasteiger charge is 2.15. The van der Waals surface area contributed by atoms with E-state index in [-0.39, 0.29) is 29.9 Å². The molecule has 1 aliphatic carbocycles. The molecule has 1 aromatic carbocycles. The first-order valence-corrected chi connectivity index (χ1v) is 9.53. The molecule has 0 saturated heterocycles. The van der Waals surface area contributed by atoms with Crippen LogP contribution in [0.15, 0.2) is 29.3 Å². The van der Waals surface area contributed by atoms with Gasteiger partial charge in [-0.3, -0.25) is 9.79 Å². The van der Waals surface area contributed by atoms with Crippen LogP contribution >= 0.6 is 35.6 Å². The molecular weight excluding hydrogens is 463 g/mol. The molecule has 0 aromatic heterocycles. The molecule has 0 unspecified atom stereocenters. The molecule has 5 nitrogen and oxygen atoms in total. The lowest BCUT2D eigenvalue weighted by Crippen LogP contribution is -2.41. The Labute approximate surface area is 178 Å². The molecule has 7 heteroatoms. The SMILES string of the molecule is CN=C(NCCC(=O)NC1CCCCC1)NCCc1ccc(Cl)cc1.I. The lowest BCUT2D eigenvalue weighted by Gasteiger charge is -2.22. The molecule has 1 saturated carbocycles. The topological polar surface area (TPSA) is 65.5 Å². The number of carbonyl (C=O) groups excluding carboxylic acids is 1. The molecule has 0 heterocycles. The lowest BCUT2D eigenvalue weighted by atomic mass is 9.95. The minimum atomic E-state index is 0. The number of nitrogens with one attached hydrogen (secondary N) is 3. The number of hydrogen-bond donors (Lipinski definition) is 3. The van der Waals surface area contributed by atoms with Crippen molar-refractivity contribution in [3.8, 4) is 0 Å². The van der Waals surface area contributed by atoms with Gasteiger partial charge in [-0.15, -0.1) is 24.0 Å². The van der Waals surface area contributed by atoms with Gasteiger partial charge in [0.05, 0.1) is 0 Å². The minimum Gasteiger partial charge on any atom is -0.356 e. The van der Waals surface area contributed by atoms with Crippen LogP contribution in [-0.2, 0) is 11.2 Å². The van der Waals surface area contributed by atoms with Gasteiger partial charge in [0, 0.05) is 37.6 Å².